The highest BCUT2D eigenvalue weighted by atomic mass is 32.1. The molecule has 0 unspecified atom stereocenters. The van der Waals surface area contributed by atoms with Crippen LogP contribution in [0.5, 0.6) is 0 Å². The molecule has 2 aromatic carbocycles. The van der Waals surface area contributed by atoms with Gasteiger partial charge >= 0.3 is 0 Å². The van der Waals surface area contributed by atoms with Crippen LogP contribution in [-0.2, 0) is 13.1 Å². The number of nitrogens with one attached hydrogen (secondary N) is 2. The number of Topliss-reactive ketones (excluding diaryl/α,β-unsaturated/α-hetero) is 1. The molecule has 1 aromatic heterocycles. The Morgan fingerprint density at radius 3 is 2.72 bits per heavy atom. The van der Waals surface area contributed by atoms with E-state index in [0.29, 0.717) is 23.7 Å². The number of thiophene rings is 1. The van der Waals surface area contributed by atoms with Gasteiger partial charge in [-0.2, -0.15) is 0 Å². The first-order valence-corrected chi connectivity index (χ1v) is 11.8. The molecule has 0 bridgehead atoms. The normalized spacial score (nSPS) is 16.6. The zero-order valence-electron chi connectivity index (χ0n) is 18.6. The number of benzene rings is 2. The average Bonchev–Trinajstić information content (AvgIpc) is 3.26. The molecule has 5 nitrogen and oxygen atoms in total. The van der Waals surface area contributed by atoms with E-state index < -0.39 is 0 Å². The number of ketones is 1. The summed E-state index contributed by atoms with van der Waals surface area (Å²) in [5, 5.41) is 6.45. The van der Waals surface area contributed by atoms with Crippen molar-refractivity contribution in [3.63, 3.8) is 0 Å². The summed E-state index contributed by atoms with van der Waals surface area (Å²) in [7, 11) is 0. The van der Waals surface area contributed by atoms with Gasteiger partial charge in [0.1, 0.15) is 0 Å². The summed E-state index contributed by atoms with van der Waals surface area (Å²) in [5.74, 6) is -0.226. The number of piperazine rings is 1. The van der Waals surface area contributed by atoms with Crippen LogP contribution in [0.4, 0.5) is 0 Å². The third-order valence-corrected chi connectivity index (χ3v) is 6.81. The molecule has 3 aromatic rings. The first-order valence-electron chi connectivity index (χ1n) is 11.0. The summed E-state index contributed by atoms with van der Waals surface area (Å²) in [5.41, 5.74) is 3.26. The van der Waals surface area contributed by atoms with Crippen LogP contribution in [0.2, 0.25) is 0 Å². The molecular weight excluding hydrogens is 418 g/mol. The number of hydrogen-bond acceptors (Lipinski definition) is 5. The Labute approximate surface area is 193 Å². The molecule has 1 atom stereocenters. The number of nitrogens with zero attached hydrogens (tertiary/aromatic N) is 1. The monoisotopic (exact) mass is 447 g/mol. The highest BCUT2D eigenvalue weighted by Gasteiger charge is 2.16. The number of amides is 1. The summed E-state index contributed by atoms with van der Waals surface area (Å²) in [6.07, 6.45) is 0. The quantitative estimate of drug-likeness (QED) is 0.529. The molecule has 0 radical (unpaired) electrons. The third-order valence-electron chi connectivity index (χ3n) is 5.69. The van der Waals surface area contributed by atoms with E-state index in [1.165, 1.54) is 22.2 Å². The summed E-state index contributed by atoms with van der Waals surface area (Å²) in [6.45, 7) is 8.38. The zero-order valence-corrected chi connectivity index (χ0v) is 19.4. The Balaban J connectivity index is 1.38. The topological polar surface area (TPSA) is 61.4 Å². The van der Waals surface area contributed by atoms with Crippen molar-refractivity contribution in [1.82, 2.24) is 15.5 Å². The van der Waals surface area contributed by atoms with Gasteiger partial charge in [-0.05, 0) is 55.3 Å². The maximum absolute atomic E-state index is 12.5. The fourth-order valence-corrected chi connectivity index (χ4v) is 5.04. The van der Waals surface area contributed by atoms with E-state index in [0.717, 1.165) is 31.7 Å². The van der Waals surface area contributed by atoms with Crippen LogP contribution < -0.4 is 10.6 Å². The second-order valence-corrected chi connectivity index (χ2v) is 9.54. The van der Waals surface area contributed by atoms with Crippen LogP contribution in [0.1, 0.15) is 45.0 Å². The van der Waals surface area contributed by atoms with E-state index in [-0.39, 0.29) is 11.7 Å². The molecule has 1 aliphatic rings. The molecule has 2 N–H and O–H groups in total. The lowest BCUT2D eigenvalue weighted by Crippen LogP contribution is -2.48. The lowest BCUT2D eigenvalue weighted by Gasteiger charge is -2.31. The van der Waals surface area contributed by atoms with Crippen LogP contribution >= 0.6 is 11.3 Å². The molecule has 0 spiro atoms. The van der Waals surface area contributed by atoms with Crippen LogP contribution in [0.25, 0.3) is 10.4 Å². The largest absolute Gasteiger partial charge is 0.348 e. The van der Waals surface area contributed by atoms with Gasteiger partial charge in [0.05, 0.1) is 0 Å². The van der Waals surface area contributed by atoms with Crippen molar-refractivity contribution in [3.05, 3.63) is 82.2 Å². The van der Waals surface area contributed by atoms with Gasteiger partial charge < -0.3 is 10.6 Å². The Kier molecular flexibility index (Phi) is 7.15. The van der Waals surface area contributed by atoms with E-state index in [2.05, 4.69) is 46.7 Å². The van der Waals surface area contributed by atoms with Gasteiger partial charge in [-0.3, -0.25) is 14.5 Å². The fourth-order valence-electron chi connectivity index (χ4n) is 3.99. The van der Waals surface area contributed by atoms with Crippen molar-refractivity contribution >= 4 is 23.0 Å². The van der Waals surface area contributed by atoms with Crippen molar-refractivity contribution in [2.45, 2.75) is 33.0 Å². The fraction of sp³-hybridized carbons (Fsp3) is 0.308. The summed E-state index contributed by atoms with van der Waals surface area (Å²) in [4.78, 5) is 29.2. The van der Waals surface area contributed by atoms with Gasteiger partial charge in [-0.1, -0.05) is 30.3 Å². The van der Waals surface area contributed by atoms with Crippen LogP contribution in [0.15, 0.2) is 60.7 Å². The Hall–Kier alpha value is -2.80. The SMILES string of the molecule is CC(=O)c1cccc(C(=O)NCc2cccc(-c3ccc(CN4CCN[C@@H](C)C4)s3)c2)c1. The highest BCUT2D eigenvalue weighted by molar-refractivity contribution is 7.15. The molecular formula is C26H29N3O2S. The zero-order chi connectivity index (χ0) is 22.5. The van der Waals surface area contributed by atoms with Gasteiger partial charge in [-0.25, -0.2) is 0 Å². The van der Waals surface area contributed by atoms with Crippen LogP contribution in [0, 0.1) is 0 Å². The molecule has 4 rings (SSSR count). The van der Waals surface area contributed by atoms with Crippen molar-refractivity contribution in [1.29, 1.82) is 0 Å². The van der Waals surface area contributed by atoms with Crippen LogP contribution in [-0.4, -0.2) is 42.3 Å². The molecule has 1 amide bonds. The summed E-state index contributed by atoms with van der Waals surface area (Å²) in [6, 6.07) is 20.1. The Morgan fingerprint density at radius 2 is 1.91 bits per heavy atom. The maximum Gasteiger partial charge on any atom is 0.251 e. The van der Waals surface area contributed by atoms with Crippen LogP contribution in [0.3, 0.4) is 0 Å². The number of carbonyl (C=O) groups is 2. The first-order chi connectivity index (χ1) is 15.5. The highest BCUT2D eigenvalue weighted by Crippen LogP contribution is 2.29. The second-order valence-electron chi connectivity index (χ2n) is 8.38. The van der Waals surface area contributed by atoms with Crippen molar-refractivity contribution in [2.75, 3.05) is 19.6 Å². The Bertz CT molecular complexity index is 1110. The lowest BCUT2D eigenvalue weighted by molar-refractivity contribution is 0.0951. The molecule has 1 aliphatic heterocycles. The summed E-state index contributed by atoms with van der Waals surface area (Å²) < 4.78 is 0. The molecule has 0 aliphatic carbocycles. The second kappa shape index (κ2) is 10.2. The molecule has 32 heavy (non-hydrogen) atoms. The lowest BCUT2D eigenvalue weighted by atomic mass is 10.1. The van der Waals surface area contributed by atoms with E-state index in [1.807, 2.05) is 23.5 Å². The van der Waals surface area contributed by atoms with E-state index in [4.69, 9.17) is 0 Å². The standard InChI is InChI=1S/C26H29N3O2S/c1-18-16-29(12-11-27-18)17-24-9-10-25(32-24)22-7-3-5-20(13-22)15-28-26(31)23-8-4-6-21(14-23)19(2)30/h3-10,13-14,18,27H,11-12,15-17H2,1-2H3,(H,28,31)/t18-/m0/s1. The molecule has 1 fully saturated rings. The first kappa shape index (κ1) is 22.4. The van der Waals surface area contributed by atoms with Crippen molar-refractivity contribution < 1.29 is 9.59 Å². The molecule has 0 saturated carbocycles. The molecule has 166 valence electrons. The number of rotatable bonds is 7. The Morgan fingerprint density at radius 1 is 1.09 bits per heavy atom. The third kappa shape index (κ3) is 5.71. The predicted octanol–water partition coefficient (Wildman–Crippen LogP) is 4.34. The van der Waals surface area contributed by atoms with Crippen molar-refractivity contribution in [3.8, 4) is 10.4 Å². The van der Waals surface area contributed by atoms with Gasteiger partial charge in [-0.15, -0.1) is 11.3 Å². The molecule has 1 saturated heterocycles. The summed E-state index contributed by atoms with van der Waals surface area (Å²) >= 11 is 1.83. The van der Waals surface area contributed by atoms with E-state index in [9.17, 15) is 9.59 Å². The maximum atomic E-state index is 12.5. The van der Waals surface area contributed by atoms with Gasteiger partial charge in [0, 0.05) is 59.6 Å². The van der Waals surface area contributed by atoms with Gasteiger partial charge in [0.2, 0.25) is 0 Å². The predicted molar refractivity (Wildman–Crippen MR) is 130 cm³/mol. The smallest absolute Gasteiger partial charge is 0.251 e. The molecule has 6 heteroatoms. The van der Waals surface area contributed by atoms with Crippen molar-refractivity contribution in [2.24, 2.45) is 0 Å². The minimum Gasteiger partial charge on any atom is -0.348 e. The van der Waals surface area contributed by atoms with Gasteiger partial charge in [0.15, 0.2) is 5.78 Å². The number of carbonyl (C=O) groups excluding carboxylic acids is 2. The van der Waals surface area contributed by atoms with Gasteiger partial charge in [0.25, 0.3) is 5.91 Å². The number of hydrogen-bond donors (Lipinski definition) is 2. The van der Waals surface area contributed by atoms with E-state index >= 15 is 0 Å². The minimum atomic E-state index is -0.179. The molecule has 2 heterocycles. The minimum absolute atomic E-state index is 0.0471. The van der Waals surface area contributed by atoms with E-state index in [1.54, 1.807) is 24.3 Å². The average molecular weight is 448 g/mol.